The van der Waals surface area contributed by atoms with Crippen molar-refractivity contribution in [3.05, 3.63) is 40.2 Å². The van der Waals surface area contributed by atoms with Crippen LogP contribution in [0.15, 0.2) is 29.1 Å². The molecule has 0 bridgehead atoms. The summed E-state index contributed by atoms with van der Waals surface area (Å²) >= 11 is 5.19. The molecule has 6 heteroatoms. The first-order valence-corrected chi connectivity index (χ1v) is 7.16. The highest BCUT2D eigenvalue weighted by atomic mass is 32.1. The van der Waals surface area contributed by atoms with Gasteiger partial charge < -0.3 is 15.6 Å². The molecular weight excluding hydrogens is 289 g/mol. The molecule has 21 heavy (non-hydrogen) atoms. The maximum Gasteiger partial charge on any atom is 0.248 e. The molecule has 0 spiro atoms. The number of rotatable bonds is 3. The number of fused-ring (bicyclic) bond motifs is 1. The van der Waals surface area contributed by atoms with Gasteiger partial charge in [0.25, 0.3) is 0 Å². The average molecular weight is 307 g/mol. The summed E-state index contributed by atoms with van der Waals surface area (Å²) in [6.45, 7) is 5.39. The topological polar surface area (TPSA) is 56.9 Å². The molecule has 0 radical (unpaired) electrons. The number of pyridine rings is 1. The van der Waals surface area contributed by atoms with Crippen LogP contribution in [0.4, 0.5) is 10.1 Å². The van der Waals surface area contributed by atoms with Gasteiger partial charge in [-0.05, 0) is 51.2 Å². The van der Waals surface area contributed by atoms with Crippen LogP contribution in [0.3, 0.4) is 0 Å². The number of alkyl halides is 1. The molecule has 1 atom stereocenters. The van der Waals surface area contributed by atoms with Crippen LogP contribution in [0.1, 0.15) is 32.5 Å². The lowest BCUT2D eigenvalue weighted by Crippen LogP contribution is -2.33. The molecule has 112 valence electrons. The van der Waals surface area contributed by atoms with E-state index >= 15 is 0 Å². The smallest absolute Gasteiger partial charge is 0.248 e. The van der Waals surface area contributed by atoms with E-state index in [0.29, 0.717) is 21.6 Å². The van der Waals surface area contributed by atoms with Crippen LogP contribution in [0.5, 0.6) is 0 Å². The Morgan fingerprint density at radius 2 is 2.00 bits per heavy atom. The van der Waals surface area contributed by atoms with Crippen molar-refractivity contribution in [3.63, 3.8) is 0 Å². The van der Waals surface area contributed by atoms with E-state index in [1.165, 1.54) is 13.0 Å². The Hall–Kier alpha value is -1.95. The standard InChI is InChI=1S/C15H18FN3OS/c1-8(2)17-15(21)18-10-4-5-13-12(6-10)11(9(3)16)7-14(20)19-13/h4-9H,1-3H3,(H,19,20)(H2,17,18,21). The fourth-order valence-corrected chi connectivity index (χ4v) is 2.47. The van der Waals surface area contributed by atoms with Gasteiger partial charge in [0.15, 0.2) is 5.11 Å². The Kier molecular flexibility index (Phi) is 4.57. The fraction of sp³-hybridized carbons (Fsp3) is 0.333. The van der Waals surface area contributed by atoms with Crippen molar-refractivity contribution < 1.29 is 4.39 Å². The average Bonchev–Trinajstić information content (AvgIpc) is 2.36. The van der Waals surface area contributed by atoms with Crippen molar-refractivity contribution in [2.75, 3.05) is 5.32 Å². The van der Waals surface area contributed by atoms with Gasteiger partial charge in [0.05, 0.1) is 0 Å². The SMILES string of the molecule is CC(C)NC(=S)Nc1ccc2[nH]c(=O)cc(C(C)F)c2c1. The van der Waals surface area contributed by atoms with Crippen LogP contribution < -0.4 is 16.2 Å². The largest absolute Gasteiger partial charge is 0.360 e. The van der Waals surface area contributed by atoms with Crippen molar-refractivity contribution >= 4 is 33.9 Å². The van der Waals surface area contributed by atoms with Crippen molar-refractivity contribution in [1.29, 1.82) is 0 Å². The Labute approximate surface area is 127 Å². The monoisotopic (exact) mass is 307 g/mol. The highest BCUT2D eigenvalue weighted by Gasteiger charge is 2.11. The third kappa shape index (κ3) is 3.78. The van der Waals surface area contributed by atoms with Crippen LogP contribution in [0.2, 0.25) is 0 Å². The molecule has 2 aromatic rings. The minimum Gasteiger partial charge on any atom is -0.360 e. The first kappa shape index (κ1) is 15.4. The summed E-state index contributed by atoms with van der Waals surface area (Å²) in [7, 11) is 0. The number of aromatic nitrogens is 1. The molecular formula is C15H18FN3OS. The lowest BCUT2D eigenvalue weighted by Gasteiger charge is -2.14. The second-order valence-corrected chi connectivity index (χ2v) is 5.63. The number of anilines is 1. The van der Waals surface area contributed by atoms with Crippen molar-refractivity contribution in [1.82, 2.24) is 10.3 Å². The number of thiocarbonyl (C=S) groups is 1. The van der Waals surface area contributed by atoms with E-state index in [2.05, 4.69) is 15.6 Å². The van der Waals surface area contributed by atoms with Gasteiger partial charge in [-0.2, -0.15) is 0 Å². The van der Waals surface area contributed by atoms with E-state index in [-0.39, 0.29) is 11.6 Å². The number of nitrogens with one attached hydrogen (secondary N) is 3. The van der Waals surface area contributed by atoms with Crippen LogP contribution in [0.25, 0.3) is 10.9 Å². The molecule has 2 rings (SSSR count). The van der Waals surface area contributed by atoms with E-state index in [1.54, 1.807) is 18.2 Å². The molecule has 0 aliphatic heterocycles. The molecule has 1 aromatic carbocycles. The molecule has 0 aliphatic carbocycles. The van der Waals surface area contributed by atoms with E-state index in [1.807, 2.05) is 13.8 Å². The van der Waals surface area contributed by atoms with Gasteiger partial charge in [-0.1, -0.05) is 0 Å². The van der Waals surface area contributed by atoms with Crippen molar-refractivity contribution in [2.45, 2.75) is 33.0 Å². The highest BCUT2D eigenvalue weighted by Crippen LogP contribution is 2.26. The molecule has 0 aliphatic rings. The van der Waals surface area contributed by atoms with Gasteiger partial charge in [0.2, 0.25) is 5.56 Å². The molecule has 0 saturated carbocycles. The summed E-state index contributed by atoms with van der Waals surface area (Å²) in [5.74, 6) is 0. The molecule has 1 heterocycles. The molecule has 0 fully saturated rings. The van der Waals surface area contributed by atoms with Gasteiger partial charge in [-0.25, -0.2) is 4.39 Å². The zero-order valence-corrected chi connectivity index (χ0v) is 13.0. The summed E-state index contributed by atoms with van der Waals surface area (Å²) in [6.07, 6.45) is -1.22. The van der Waals surface area contributed by atoms with Crippen molar-refractivity contribution in [3.8, 4) is 0 Å². The first-order valence-electron chi connectivity index (χ1n) is 6.75. The van der Waals surface area contributed by atoms with Gasteiger partial charge in [-0.3, -0.25) is 4.79 Å². The summed E-state index contributed by atoms with van der Waals surface area (Å²) in [4.78, 5) is 14.2. The minimum absolute atomic E-state index is 0.225. The number of hydrogen-bond acceptors (Lipinski definition) is 2. The predicted molar refractivity (Wildman–Crippen MR) is 88.6 cm³/mol. The highest BCUT2D eigenvalue weighted by molar-refractivity contribution is 7.80. The Morgan fingerprint density at radius 1 is 1.29 bits per heavy atom. The number of benzene rings is 1. The van der Waals surface area contributed by atoms with Crippen LogP contribution in [0, 0.1) is 0 Å². The Morgan fingerprint density at radius 3 is 2.62 bits per heavy atom. The third-order valence-electron chi connectivity index (χ3n) is 2.98. The van der Waals surface area contributed by atoms with Gasteiger partial charge in [-0.15, -0.1) is 0 Å². The molecule has 4 nitrogen and oxygen atoms in total. The Bertz CT molecular complexity index is 724. The zero-order valence-electron chi connectivity index (χ0n) is 12.2. The fourth-order valence-electron chi connectivity index (χ4n) is 2.12. The zero-order chi connectivity index (χ0) is 15.6. The number of aromatic amines is 1. The van der Waals surface area contributed by atoms with Gasteiger partial charge in [0, 0.05) is 34.3 Å². The van der Waals surface area contributed by atoms with Crippen molar-refractivity contribution in [2.24, 2.45) is 0 Å². The van der Waals surface area contributed by atoms with E-state index < -0.39 is 6.17 Å². The second-order valence-electron chi connectivity index (χ2n) is 5.22. The number of H-pyrrole nitrogens is 1. The molecule has 0 amide bonds. The van der Waals surface area contributed by atoms with E-state index in [9.17, 15) is 9.18 Å². The molecule has 1 unspecified atom stereocenters. The minimum atomic E-state index is -1.22. The Balaban J connectivity index is 2.41. The van der Waals surface area contributed by atoms with Gasteiger partial charge >= 0.3 is 0 Å². The maximum absolute atomic E-state index is 13.7. The number of hydrogen-bond donors (Lipinski definition) is 3. The summed E-state index contributed by atoms with van der Waals surface area (Å²) in [5.41, 5.74) is 1.42. The van der Waals surface area contributed by atoms with Gasteiger partial charge in [0.1, 0.15) is 6.17 Å². The molecule has 1 aromatic heterocycles. The van der Waals surface area contributed by atoms with E-state index in [4.69, 9.17) is 12.2 Å². The third-order valence-corrected chi connectivity index (χ3v) is 3.20. The second kappa shape index (κ2) is 6.22. The summed E-state index contributed by atoms with van der Waals surface area (Å²) < 4.78 is 13.7. The quantitative estimate of drug-likeness (QED) is 0.762. The predicted octanol–water partition coefficient (Wildman–Crippen LogP) is 3.25. The summed E-state index contributed by atoms with van der Waals surface area (Å²) in [6, 6.07) is 6.83. The molecule has 0 saturated heterocycles. The van der Waals surface area contributed by atoms with Crippen LogP contribution >= 0.6 is 12.2 Å². The maximum atomic E-state index is 13.7. The normalized spacial score (nSPS) is 12.4. The summed E-state index contributed by atoms with van der Waals surface area (Å²) in [5, 5.41) is 7.30. The van der Waals surface area contributed by atoms with E-state index in [0.717, 1.165) is 5.69 Å². The number of halogens is 1. The molecule has 3 N–H and O–H groups in total. The van der Waals surface area contributed by atoms with Crippen LogP contribution in [-0.2, 0) is 0 Å². The lowest BCUT2D eigenvalue weighted by molar-refractivity contribution is 0.376. The van der Waals surface area contributed by atoms with Crippen LogP contribution in [-0.4, -0.2) is 16.1 Å². The first-order chi connectivity index (χ1) is 9.86. The lowest BCUT2D eigenvalue weighted by atomic mass is 10.1.